The largest absolute Gasteiger partial charge is 0.295 e. The molecule has 0 fully saturated rings. The van der Waals surface area contributed by atoms with E-state index in [0.717, 1.165) is 41.5 Å². The van der Waals surface area contributed by atoms with Crippen LogP contribution in [-0.4, -0.2) is 12.0 Å². The third kappa shape index (κ3) is 6.25. The molecule has 6 bridgehead atoms. The molecule has 2 heteroatoms. The van der Waals surface area contributed by atoms with Crippen molar-refractivity contribution in [3.63, 3.8) is 0 Å². The normalized spacial score (nSPS) is 17.7. The second-order valence-electron chi connectivity index (χ2n) is 10.6. The van der Waals surface area contributed by atoms with Crippen LogP contribution in [-0.2, 0) is 17.6 Å². The molecule has 3 aromatic rings. The van der Waals surface area contributed by atoms with Crippen LogP contribution in [0.4, 0.5) is 0 Å². The molecule has 1 aliphatic rings. The van der Waals surface area contributed by atoms with E-state index in [-0.39, 0.29) is 11.7 Å². The summed E-state index contributed by atoms with van der Waals surface area (Å²) in [5.41, 5.74) is 12.1. The van der Waals surface area contributed by atoms with Gasteiger partial charge in [0.15, 0.2) is 5.78 Å². The van der Waals surface area contributed by atoms with Crippen molar-refractivity contribution in [1.29, 1.82) is 0 Å². The van der Waals surface area contributed by atoms with Gasteiger partial charge in [0.05, 0.1) is 0 Å². The number of fused-ring (bicyclic) bond motifs is 6. The molecular weight excluding hydrogens is 450 g/mol. The predicted molar refractivity (Wildman–Crippen MR) is 158 cm³/mol. The minimum atomic E-state index is 0.0591. The van der Waals surface area contributed by atoms with Crippen molar-refractivity contribution in [3.05, 3.63) is 123 Å². The number of hydrogen-bond acceptors (Lipinski definition) is 2. The number of aryl methyl sites for hydroxylation is 4. The van der Waals surface area contributed by atoms with Crippen molar-refractivity contribution < 1.29 is 4.79 Å². The minimum Gasteiger partial charge on any atom is -0.295 e. The van der Waals surface area contributed by atoms with Crippen LogP contribution >= 0.6 is 0 Å². The summed E-state index contributed by atoms with van der Waals surface area (Å²) in [6.07, 6.45) is 8.89. The number of benzene rings is 3. The van der Waals surface area contributed by atoms with Gasteiger partial charge in [-0.3, -0.25) is 9.79 Å². The highest BCUT2D eigenvalue weighted by Crippen LogP contribution is 2.37. The number of ketones is 1. The lowest BCUT2D eigenvalue weighted by atomic mass is 9.82. The van der Waals surface area contributed by atoms with Crippen LogP contribution < -0.4 is 0 Å². The SMILES string of the molecule is CCC(C)C=N/C=C(\C)C1c2ccc(C)c(c2)CCc2cccc(c2)/C(=C/C(C)=O)c2cc1ccc2C. The van der Waals surface area contributed by atoms with Crippen LogP contribution in [0.1, 0.15) is 84.5 Å². The van der Waals surface area contributed by atoms with Gasteiger partial charge >= 0.3 is 0 Å². The molecule has 0 amide bonds. The first-order chi connectivity index (χ1) is 17.8. The van der Waals surface area contributed by atoms with Crippen LogP contribution in [0.5, 0.6) is 0 Å². The molecule has 0 heterocycles. The molecular formula is C35H39NO. The number of carbonyl (C=O) groups is 1. The first-order valence-electron chi connectivity index (χ1n) is 13.5. The van der Waals surface area contributed by atoms with Crippen LogP contribution in [0, 0.1) is 19.8 Å². The average molecular weight is 490 g/mol. The van der Waals surface area contributed by atoms with E-state index in [2.05, 4.69) is 95.3 Å². The molecule has 1 aliphatic carbocycles. The van der Waals surface area contributed by atoms with Gasteiger partial charge < -0.3 is 0 Å². The molecule has 0 saturated heterocycles. The Hall–Kier alpha value is -3.52. The Kier molecular flexibility index (Phi) is 8.38. The monoisotopic (exact) mass is 489 g/mol. The van der Waals surface area contributed by atoms with E-state index in [0.29, 0.717) is 5.92 Å². The lowest BCUT2D eigenvalue weighted by Crippen LogP contribution is -2.06. The predicted octanol–water partition coefficient (Wildman–Crippen LogP) is 8.58. The Morgan fingerprint density at radius 3 is 2.43 bits per heavy atom. The molecule has 0 radical (unpaired) electrons. The fraction of sp³-hybridized carbons (Fsp3) is 0.314. The van der Waals surface area contributed by atoms with Gasteiger partial charge in [0.2, 0.25) is 0 Å². The molecule has 4 rings (SSSR count). The molecule has 2 unspecified atom stereocenters. The van der Waals surface area contributed by atoms with Crippen LogP contribution in [0.15, 0.2) is 83.5 Å². The molecule has 0 saturated carbocycles. The number of allylic oxidation sites excluding steroid dienone is 2. The number of rotatable bonds is 5. The van der Waals surface area contributed by atoms with Gasteiger partial charge in [-0.1, -0.05) is 68.4 Å². The fourth-order valence-electron chi connectivity index (χ4n) is 5.15. The van der Waals surface area contributed by atoms with Crippen LogP contribution in [0.3, 0.4) is 0 Å². The molecule has 2 atom stereocenters. The van der Waals surface area contributed by atoms with Gasteiger partial charge in [-0.05, 0) is 121 Å². The maximum Gasteiger partial charge on any atom is 0.153 e. The molecule has 0 N–H and O–H groups in total. The van der Waals surface area contributed by atoms with Gasteiger partial charge in [-0.15, -0.1) is 0 Å². The fourth-order valence-corrected chi connectivity index (χ4v) is 5.15. The van der Waals surface area contributed by atoms with Crippen molar-refractivity contribution in [1.82, 2.24) is 0 Å². The van der Waals surface area contributed by atoms with Crippen molar-refractivity contribution >= 4 is 17.6 Å². The third-order valence-corrected chi connectivity index (χ3v) is 7.58. The van der Waals surface area contributed by atoms with Crippen molar-refractivity contribution in [2.75, 3.05) is 0 Å². The Morgan fingerprint density at radius 1 is 0.973 bits per heavy atom. The zero-order valence-electron chi connectivity index (χ0n) is 23.1. The van der Waals surface area contributed by atoms with E-state index in [1.807, 2.05) is 12.4 Å². The van der Waals surface area contributed by atoms with Gasteiger partial charge in [0, 0.05) is 18.3 Å². The van der Waals surface area contributed by atoms with Crippen LogP contribution in [0.25, 0.3) is 5.57 Å². The summed E-state index contributed by atoms with van der Waals surface area (Å²) in [4.78, 5) is 17.1. The van der Waals surface area contributed by atoms with Gasteiger partial charge in [-0.2, -0.15) is 0 Å². The number of carbonyl (C=O) groups excluding carboxylic acids is 1. The summed E-state index contributed by atoms with van der Waals surface area (Å²) in [6.45, 7) is 12.5. The van der Waals surface area contributed by atoms with E-state index >= 15 is 0 Å². The summed E-state index contributed by atoms with van der Waals surface area (Å²) >= 11 is 0. The smallest absolute Gasteiger partial charge is 0.153 e. The second kappa shape index (κ2) is 11.7. The number of nitrogens with zero attached hydrogens (tertiary/aromatic N) is 1. The maximum atomic E-state index is 12.4. The number of hydrogen-bond donors (Lipinski definition) is 0. The Balaban J connectivity index is 1.98. The van der Waals surface area contributed by atoms with E-state index < -0.39 is 0 Å². The summed E-state index contributed by atoms with van der Waals surface area (Å²) in [5.74, 6) is 0.592. The average Bonchev–Trinajstić information content (AvgIpc) is 2.88. The highest BCUT2D eigenvalue weighted by molar-refractivity contribution is 5.99. The molecule has 2 nitrogen and oxygen atoms in total. The Labute approximate surface area is 222 Å². The first-order valence-corrected chi connectivity index (χ1v) is 13.5. The van der Waals surface area contributed by atoms with Gasteiger partial charge in [0.1, 0.15) is 0 Å². The number of aliphatic imine (C=N–C) groups is 1. The quantitative estimate of drug-likeness (QED) is 0.261. The van der Waals surface area contributed by atoms with Crippen molar-refractivity contribution in [3.8, 4) is 0 Å². The zero-order valence-corrected chi connectivity index (χ0v) is 23.1. The summed E-state index contributed by atoms with van der Waals surface area (Å²) in [6, 6.07) is 22.3. The molecule has 190 valence electrons. The molecule has 0 aliphatic heterocycles. The van der Waals surface area contributed by atoms with Gasteiger partial charge in [-0.25, -0.2) is 0 Å². The van der Waals surface area contributed by atoms with Crippen molar-refractivity contribution in [2.45, 2.75) is 66.7 Å². The zero-order chi connectivity index (χ0) is 26.5. The molecule has 37 heavy (non-hydrogen) atoms. The Morgan fingerprint density at radius 2 is 1.70 bits per heavy atom. The first kappa shape index (κ1) is 26.5. The van der Waals surface area contributed by atoms with Crippen molar-refractivity contribution in [2.24, 2.45) is 10.9 Å². The second-order valence-corrected chi connectivity index (χ2v) is 10.6. The third-order valence-electron chi connectivity index (χ3n) is 7.58. The van der Waals surface area contributed by atoms with Gasteiger partial charge in [0.25, 0.3) is 0 Å². The summed E-state index contributed by atoms with van der Waals surface area (Å²) < 4.78 is 0. The lowest BCUT2D eigenvalue weighted by molar-refractivity contribution is -0.112. The van der Waals surface area contributed by atoms with E-state index in [1.54, 1.807) is 13.0 Å². The summed E-state index contributed by atoms with van der Waals surface area (Å²) in [7, 11) is 0. The van der Waals surface area contributed by atoms with E-state index in [9.17, 15) is 4.79 Å². The van der Waals surface area contributed by atoms with Crippen LogP contribution in [0.2, 0.25) is 0 Å². The maximum absolute atomic E-state index is 12.4. The highest BCUT2D eigenvalue weighted by atomic mass is 16.1. The topological polar surface area (TPSA) is 29.4 Å². The summed E-state index contributed by atoms with van der Waals surface area (Å²) in [5, 5.41) is 0. The highest BCUT2D eigenvalue weighted by Gasteiger charge is 2.21. The molecule has 0 spiro atoms. The molecule has 0 aromatic heterocycles. The Bertz CT molecular complexity index is 1390. The molecule has 3 aromatic carbocycles. The minimum absolute atomic E-state index is 0.0591. The standard InChI is InChI=1S/C35H39NO/c1-7-23(2)21-36-22-26(5)35-31-14-11-24(3)29(19-31)16-13-28-9-8-10-30(18-28)34(17-27(6)37)33-20-32(35)15-12-25(33)4/h8-12,14-15,17-23,35H,7,13,16H2,1-6H3/b26-22+,34-17-,36-21?. The van der Waals surface area contributed by atoms with E-state index in [1.165, 1.54) is 33.4 Å². The van der Waals surface area contributed by atoms with E-state index in [4.69, 9.17) is 4.99 Å². The lowest BCUT2D eigenvalue weighted by Gasteiger charge is -2.22.